The number of carbonyl (C=O) groups is 1. The quantitative estimate of drug-likeness (QED) is 0.904. The molecule has 1 unspecified atom stereocenters. The second-order valence-electron chi connectivity index (χ2n) is 5.22. The Morgan fingerprint density at radius 1 is 1.45 bits per heavy atom. The van der Waals surface area contributed by atoms with Gasteiger partial charge in [-0.05, 0) is 31.0 Å². The molecule has 1 heterocycles. The maximum atomic E-state index is 13.2. The summed E-state index contributed by atoms with van der Waals surface area (Å²) in [5.41, 5.74) is 1.06. The van der Waals surface area contributed by atoms with Crippen LogP contribution in [0.5, 0.6) is 0 Å². The first-order chi connectivity index (χ1) is 9.40. The lowest BCUT2D eigenvalue weighted by molar-refractivity contribution is 0.0848. The van der Waals surface area contributed by atoms with Gasteiger partial charge in [-0.15, -0.1) is 0 Å². The lowest BCUT2D eigenvalue weighted by atomic mass is 10.1. The van der Waals surface area contributed by atoms with Crippen molar-refractivity contribution in [1.82, 2.24) is 5.32 Å². The highest BCUT2D eigenvalue weighted by Gasteiger charge is 2.19. The molecule has 0 aliphatic heterocycles. The van der Waals surface area contributed by atoms with E-state index >= 15 is 0 Å². The molecule has 0 bridgehead atoms. The number of benzene rings is 1. The Labute approximate surface area is 116 Å². The maximum absolute atomic E-state index is 13.2. The highest BCUT2D eigenvalue weighted by atomic mass is 19.1. The van der Waals surface area contributed by atoms with E-state index in [1.807, 2.05) is 13.8 Å². The van der Waals surface area contributed by atoms with Gasteiger partial charge in [0.25, 0.3) is 5.91 Å². The van der Waals surface area contributed by atoms with Crippen LogP contribution in [0.25, 0.3) is 11.0 Å². The highest BCUT2D eigenvalue weighted by molar-refractivity contribution is 5.98. The molecule has 1 atom stereocenters. The number of amides is 1. The Kier molecular flexibility index (Phi) is 4.09. The van der Waals surface area contributed by atoms with Gasteiger partial charge in [0.05, 0.1) is 6.10 Å². The fourth-order valence-electron chi connectivity index (χ4n) is 1.92. The van der Waals surface area contributed by atoms with Gasteiger partial charge in [-0.1, -0.05) is 13.8 Å². The van der Waals surface area contributed by atoms with E-state index < -0.39 is 12.0 Å². The van der Waals surface area contributed by atoms with Gasteiger partial charge in [0, 0.05) is 17.5 Å². The third kappa shape index (κ3) is 2.82. The number of hydrogen-bond acceptors (Lipinski definition) is 3. The number of aliphatic hydroxyl groups excluding tert-OH is 1. The van der Waals surface area contributed by atoms with Gasteiger partial charge in [0.2, 0.25) is 0 Å². The van der Waals surface area contributed by atoms with E-state index in [4.69, 9.17) is 4.42 Å². The molecule has 0 saturated heterocycles. The molecule has 2 aromatic rings. The number of halogens is 1. The van der Waals surface area contributed by atoms with Crippen molar-refractivity contribution in [3.05, 3.63) is 35.3 Å². The normalized spacial score (nSPS) is 12.9. The van der Waals surface area contributed by atoms with Gasteiger partial charge in [-0.3, -0.25) is 4.79 Å². The molecule has 1 aromatic heterocycles. The van der Waals surface area contributed by atoms with E-state index in [0.29, 0.717) is 16.5 Å². The summed E-state index contributed by atoms with van der Waals surface area (Å²) in [4.78, 5) is 12.0. The number of hydrogen-bond donors (Lipinski definition) is 2. The van der Waals surface area contributed by atoms with Crippen LogP contribution in [0.3, 0.4) is 0 Å². The molecule has 20 heavy (non-hydrogen) atoms. The lowest BCUT2D eigenvalue weighted by Crippen LogP contribution is -2.34. The molecule has 5 heteroatoms. The number of rotatable bonds is 4. The topological polar surface area (TPSA) is 62.5 Å². The third-order valence-electron chi connectivity index (χ3n) is 3.35. The van der Waals surface area contributed by atoms with Crippen LogP contribution in [0.1, 0.15) is 30.0 Å². The van der Waals surface area contributed by atoms with Crippen molar-refractivity contribution < 1.29 is 18.7 Å². The molecule has 0 aliphatic carbocycles. The first kappa shape index (κ1) is 14.5. The largest absolute Gasteiger partial charge is 0.451 e. The van der Waals surface area contributed by atoms with Gasteiger partial charge < -0.3 is 14.8 Å². The fraction of sp³-hybridized carbons (Fsp3) is 0.400. The second-order valence-corrected chi connectivity index (χ2v) is 5.22. The summed E-state index contributed by atoms with van der Waals surface area (Å²) in [6, 6.07) is 4.13. The molecule has 0 radical (unpaired) electrons. The van der Waals surface area contributed by atoms with Gasteiger partial charge in [0.15, 0.2) is 5.76 Å². The zero-order valence-corrected chi connectivity index (χ0v) is 11.7. The molecular formula is C15H18FNO3. The predicted octanol–water partition coefficient (Wildman–Crippen LogP) is 2.63. The molecule has 108 valence electrons. The first-order valence-corrected chi connectivity index (χ1v) is 6.55. The smallest absolute Gasteiger partial charge is 0.287 e. The Balaban J connectivity index is 2.20. The SMILES string of the molecule is Cc1c(C(=O)NCC(O)C(C)C)oc2ccc(F)cc12. The van der Waals surface area contributed by atoms with E-state index in [2.05, 4.69) is 5.32 Å². The molecule has 4 nitrogen and oxygen atoms in total. The van der Waals surface area contributed by atoms with Crippen LogP contribution in [0.4, 0.5) is 4.39 Å². The molecule has 0 spiro atoms. The van der Waals surface area contributed by atoms with Gasteiger partial charge in [-0.2, -0.15) is 0 Å². The summed E-state index contributed by atoms with van der Waals surface area (Å²) in [5.74, 6) is -0.565. The van der Waals surface area contributed by atoms with Crippen LogP contribution in [0, 0.1) is 18.7 Å². The summed E-state index contributed by atoms with van der Waals surface area (Å²) in [6.07, 6.45) is -0.610. The van der Waals surface area contributed by atoms with Crippen molar-refractivity contribution in [2.75, 3.05) is 6.54 Å². The first-order valence-electron chi connectivity index (χ1n) is 6.55. The average Bonchev–Trinajstić information content (AvgIpc) is 2.73. The van der Waals surface area contributed by atoms with Crippen molar-refractivity contribution in [3.63, 3.8) is 0 Å². The van der Waals surface area contributed by atoms with Crippen molar-refractivity contribution in [1.29, 1.82) is 0 Å². The minimum absolute atomic E-state index is 0.0566. The summed E-state index contributed by atoms with van der Waals surface area (Å²) in [5, 5.41) is 12.9. The van der Waals surface area contributed by atoms with Crippen molar-refractivity contribution in [3.8, 4) is 0 Å². The molecule has 2 N–H and O–H groups in total. The van der Waals surface area contributed by atoms with E-state index in [0.717, 1.165) is 0 Å². The molecule has 0 saturated carbocycles. The van der Waals surface area contributed by atoms with E-state index in [-0.39, 0.29) is 24.0 Å². The Bertz CT molecular complexity index is 633. The van der Waals surface area contributed by atoms with Crippen LogP contribution in [0.2, 0.25) is 0 Å². The molecule has 1 amide bonds. The molecule has 0 fully saturated rings. The van der Waals surface area contributed by atoms with E-state index in [1.54, 1.807) is 6.92 Å². The standard InChI is InChI=1S/C15H18FNO3/c1-8(2)12(18)7-17-15(19)14-9(3)11-6-10(16)4-5-13(11)20-14/h4-6,8,12,18H,7H2,1-3H3,(H,17,19). The number of fused-ring (bicyclic) bond motifs is 1. The highest BCUT2D eigenvalue weighted by Crippen LogP contribution is 2.25. The monoisotopic (exact) mass is 279 g/mol. The third-order valence-corrected chi connectivity index (χ3v) is 3.35. The molecular weight excluding hydrogens is 261 g/mol. The summed E-state index contributed by atoms with van der Waals surface area (Å²) in [6.45, 7) is 5.60. The number of furan rings is 1. The van der Waals surface area contributed by atoms with Gasteiger partial charge in [0.1, 0.15) is 11.4 Å². The Morgan fingerprint density at radius 3 is 2.80 bits per heavy atom. The number of aliphatic hydroxyl groups is 1. The van der Waals surface area contributed by atoms with Crippen LogP contribution < -0.4 is 5.32 Å². The lowest BCUT2D eigenvalue weighted by Gasteiger charge is -2.14. The number of carbonyl (C=O) groups excluding carboxylic acids is 1. The van der Waals surface area contributed by atoms with Crippen molar-refractivity contribution in [2.24, 2.45) is 5.92 Å². The zero-order chi connectivity index (χ0) is 14.9. The van der Waals surface area contributed by atoms with Crippen molar-refractivity contribution >= 4 is 16.9 Å². The second kappa shape index (κ2) is 5.63. The minimum Gasteiger partial charge on any atom is -0.451 e. The van der Waals surface area contributed by atoms with E-state index in [9.17, 15) is 14.3 Å². The maximum Gasteiger partial charge on any atom is 0.287 e. The Hall–Kier alpha value is -1.88. The average molecular weight is 279 g/mol. The van der Waals surface area contributed by atoms with E-state index in [1.165, 1.54) is 18.2 Å². The number of nitrogens with one attached hydrogen (secondary N) is 1. The van der Waals surface area contributed by atoms with Gasteiger partial charge in [-0.25, -0.2) is 4.39 Å². The minimum atomic E-state index is -0.610. The molecule has 1 aromatic carbocycles. The van der Waals surface area contributed by atoms with Crippen LogP contribution >= 0.6 is 0 Å². The fourth-order valence-corrected chi connectivity index (χ4v) is 1.92. The van der Waals surface area contributed by atoms with Crippen LogP contribution in [0.15, 0.2) is 22.6 Å². The number of aryl methyl sites for hydroxylation is 1. The van der Waals surface area contributed by atoms with Crippen LogP contribution in [-0.4, -0.2) is 23.7 Å². The van der Waals surface area contributed by atoms with Crippen LogP contribution in [-0.2, 0) is 0 Å². The predicted molar refractivity (Wildman–Crippen MR) is 74.1 cm³/mol. The van der Waals surface area contributed by atoms with Gasteiger partial charge >= 0.3 is 0 Å². The summed E-state index contributed by atoms with van der Waals surface area (Å²) < 4.78 is 18.6. The summed E-state index contributed by atoms with van der Waals surface area (Å²) >= 11 is 0. The molecule has 0 aliphatic rings. The zero-order valence-electron chi connectivity index (χ0n) is 11.7. The summed E-state index contributed by atoms with van der Waals surface area (Å²) in [7, 11) is 0. The Morgan fingerprint density at radius 2 is 2.15 bits per heavy atom. The van der Waals surface area contributed by atoms with Crippen molar-refractivity contribution in [2.45, 2.75) is 26.9 Å². The molecule has 2 rings (SSSR count).